The van der Waals surface area contributed by atoms with Crippen molar-refractivity contribution in [2.45, 2.75) is 89.1 Å². The Morgan fingerprint density at radius 2 is 1.61 bits per heavy atom. The normalized spacial score (nSPS) is 17.5. The van der Waals surface area contributed by atoms with E-state index in [9.17, 15) is 24.3 Å². The van der Waals surface area contributed by atoms with Crippen LogP contribution in [0, 0.1) is 0 Å². The third kappa shape index (κ3) is 11.7. The van der Waals surface area contributed by atoms with Crippen LogP contribution in [-0.2, 0) is 38.6 Å². The Labute approximate surface area is 408 Å². The molecule has 2 amide bonds. The minimum absolute atomic E-state index is 0.0170. The number of methoxy groups -OCH3 is 3. The lowest BCUT2D eigenvalue weighted by atomic mass is 9.82. The maximum absolute atomic E-state index is 14.3. The second-order valence-corrected chi connectivity index (χ2v) is 20.2. The summed E-state index contributed by atoms with van der Waals surface area (Å²) in [4.78, 5) is 61.6. The third-order valence-electron chi connectivity index (χ3n) is 13.2. The van der Waals surface area contributed by atoms with Crippen molar-refractivity contribution in [2.75, 3.05) is 72.9 Å². The van der Waals surface area contributed by atoms with E-state index in [1.807, 2.05) is 6.07 Å². The van der Waals surface area contributed by atoms with Crippen LogP contribution in [0.3, 0.4) is 0 Å². The van der Waals surface area contributed by atoms with E-state index in [1.54, 1.807) is 90.0 Å². The van der Waals surface area contributed by atoms with Gasteiger partial charge in [-0.3, -0.25) is 24.3 Å². The zero-order valence-corrected chi connectivity index (χ0v) is 41.3. The highest BCUT2D eigenvalue weighted by Crippen LogP contribution is 2.41. The number of hydrogen-bond donors (Lipinski definition) is 2. The fraction of sp³-hybridized carbons (Fsp3) is 0.500. The molecule has 0 radical (unpaired) electrons. The molecule has 2 bridgehead atoms. The number of nitrogens with one attached hydrogen (secondary N) is 1. The molecule has 3 aliphatic heterocycles. The van der Waals surface area contributed by atoms with Crippen LogP contribution in [0.2, 0.25) is 0 Å². The molecular formula is C50H61N5O12S2. The minimum Gasteiger partial charge on any atom is -0.497 e. The molecule has 8 rings (SSSR count). The number of likely N-dealkylation sites (N-methyl/N-ethyl adjacent to an activating group) is 1. The third-order valence-corrected chi connectivity index (χ3v) is 15.6. The van der Waals surface area contributed by atoms with Crippen molar-refractivity contribution in [3.63, 3.8) is 0 Å². The van der Waals surface area contributed by atoms with E-state index in [0.29, 0.717) is 98.1 Å². The lowest BCUT2D eigenvalue weighted by Gasteiger charge is -2.48. The molecule has 0 spiro atoms. The van der Waals surface area contributed by atoms with E-state index in [2.05, 4.69) is 10.2 Å². The fourth-order valence-corrected chi connectivity index (χ4v) is 11.5. The standard InChI is InChI=1S/C50H61N5O12S2/c1-53(15-16-55-48-39-26-44-45(66-30-65-44)27-41(39)52-28-40(48)37-24-42(62-3)43(63-4)25-38(37)49(55)59)50(60)64-17-19-69-68-18-12-46(57)51-13-5-6-14-54-33-8-7-9-34(54)23-36(22-33)67-47(58)21-32-20-35(61-2)11-10-31(32)29-56/h10-11,20,24-28,33-34,36,56H,5-9,12-19,21-23,29-30H2,1-4H3,(H,51,57). The van der Waals surface area contributed by atoms with Crippen LogP contribution in [0.5, 0.6) is 28.7 Å². The minimum atomic E-state index is -0.507. The summed E-state index contributed by atoms with van der Waals surface area (Å²) < 4.78 is 40.9. The number of aliphatic hydroxyl groups excluding tert-OH is 1. The maximum Gasteiger partial charge on any atom is 0.409 e. The smallest absolute Gasteiger partial charge is 0.409 e. The molecular weight excluding hydrogens is 927 g/mol. The summed E-state index contributed by atoms with van der Waals surface area (Å²) in [5.41, 5.74) is 2.43. The number of aromatic nitrogens is 2. The van der Waals surface area contributed by atoms with E-state index < -0.39 is 6.09 Å². The molecule has 0 aliphatic carbocycles. The van der Waals surface area contributed by atoms with Crippen molar-refractivity contribution < 1.29 is 52.6 Å². The van der Waals surface area contributed by atoms with Gasteiger partial charge >= 0.3 is 12.1 Å². The monoisotopic (exact) mass is 987 g/mol. The van der Waals surface area contributed by atoms with Crippen molar-refractivity contribution in [1.29, 1.82) is 0 Å². The van der Waals surface area contributed by atoms with E-state index >= 15 is 0 Å². The number of nitrogens with zero attached hydrogens (tertiary/aromatic N) is 4. The molecule has 0 saturated carbocycles. The quantitative estimate of drug-likeness (QED) is 0.0317. The van der Waals surface area contributed by atoms with Gasteiger partial charge in [0.1, 0.15) is 18.5 Å². The van der Waals surface area contributed by atoms with E-state index in [-0.39, 0.29) is 63.1 Å². The molecule has 17 nitrogen and oxygen atoms in total. The second kappa shape index (κ2) is 23.3. The summed E-state index contributed by atoms with van der Waals surface area (Å²) in [6.45, 7) is 2.08. The van der Waals surface area contributed by atoms with Crippen LogP contribution in [0.15, 0.2) is 53.5 Å². The average molecular weight is 988 g/mol. The van der Waals surface area contributed by atoms with Gasteiger partial charge in [-0.05, 0) is 73.7 Å². The summed E-state index contributed by atoms with van der Waals surface area (Å²) in [7, 11) is 9.39. The Balaban J connectivity index is 0.725. The molecule has 5 aromatic rings. The molecule has 2 saturated heterocycles. The fourth-order valence-electron chi connectivity index (χ4n) is 9.72. The summed E-state index contributed by atoms with van der Waals surface area (Å²) in [6, 6.07) is 13.2. The lowest BCUT2D eigenvalue weighted by Crippen LogP contribution is -2.54. The summed E-state index contributed by atoms with van der Waals surface area (Å²) in [6.07, 6.45) is 8.49. The first-order chi connectivity index (χ1) is 33.6. The van der Waals surface area contributed by atoms with Gasteiger partial charge < -0.3 is 53.0 Å². The summed E-state index contributed by atoms with van der Waals surface area (Å²) in [5.74, 6) is 3.61. The zero-order chi connectivity index (χ0) is 48.4. The largest absolute Gasteiger partial charge is 0.497 e. The zero-order valence-electron chi connectivity index (χ0n) is 39.6. The van der Waals surface area contributed by atoms with Crippen LogP contribution < -0.4 is 34.6 Å². The molecule has 2 N–H and O–H groups in total. The average Bonchev–Trinajstić information content (AvgIpc) is 3.82. The first-order valence-electron chi connectivity index (χ1n) is 23.5. The van der Waals surface area contributed by atoms with Gasteiger partial charge in [0.25, 0.3) is 5.56 Å². The van der Waals surface area contributed by atoms with Gasteiger partial charge in [0.2, 0.25) is 12.7 Å². The Morgan fingerprint density at radius 1 is 0.870 bits per heavy atom. The SMILES string of the molecule is COc1ccc(CO)c(CC(=O)OC2CC3CCCC(C2)N3CCCCNC(=O)CCSSCCOC(=O)N(C)CCn2c(=O)c3cc(OC)c(OC)cc3c3cnc4cc5c(cc4c32)OCO5)c1. The Hall–Kier alpha value is -5.63. The van der Waals surface area contributed by atoms with Gasteiger partial charge in [0, 0.05) is 98.0 Å². The van der Waals surface area contributed by atoms with Gasteiger partial charge in [-0.2, -0.15) is 0 Å². The van der Waals surface area contributed by atoms with Crippen molar-refractivity contribution >= 4 is 72.1 Å². The number of pyridine rings is 2. The topological polar surface area (TPSA) is 189 Å². The number of carbonyl (C=O) groups excluding carboxylic acids is 3. The molecule has 3 aliphatic rings. The number of amides is 2. The molecule has 2 unspecified atom stereocenters. The Morgan fingerprint density at radius 3 is 2.35 bits per heavy atom. The highest BCUT2D eigenvalue weighted by molar-refractivity contribution is 8.76. The van der Waals surface area contributed by atoms with Crippen molar-refractivity contribution in [3.05, 3.63) is 70.1 Å². The number of piperidine rings is 2. The lowest BCUT2D eigenvalue weighted by molar-refractivity contribution is -0.154. The number of fused-ring (bicyclic) bond motifs is 8. The van der Waals surface area contributed by atoms with Gasteiger partial charge in [0.15, 0.2) is 23.0 Å². The number of esters is 1. The van der Waals surface area contributed by atoms with Gasteiger partial charge in [-0.15, -0.1) is 0 Å². The summed E-state index contributed by atoms with van der Waals surface area (Å²) in [5, 5.41) is 15.3. The Bertz CT molecular complexity index is 2710. The first-order valence-corrected chi connectivity index (χ1v) is 26.0. The van der Waals surface area contributed by atoms with Crippen LogP contribution in [-0.4, -0.2) is 134 Å². The van der Waals surface area contributed by atoms with Crippen molar-refractivity contribution in [3.8, 4) is 28.7 Å². The van der Waals surface area contributed by atoms with Gasteiger partial charge in [-0.1, -0.05) is 34.1 Å². The van der Waals surface area contributed by atoms with Crippen LogP contribution in [0.4, 0.5) is 4.79 Å². The number of hydrogen-bond acceptors (Lipinski definition) is 16. The molecule has 2 aromatic heterocycles. The van der Waals surface area contributed by atoms with Gasteiger partial charge in [0.05, 0.1) is 50.8 Å². The number of benzene rings is 3. The highest BCUT2D eigenvalue weighted by atomic mass is 33.1. The predicted octanol–water partition coefficient (Wildman–Crippen LogP) is 6.86. The molecule has 3 aromatic carbocycles. The van der Waals surface area contributed by atoms with E-state index in [0.717, 1.165) is 56.0 Å². The van der Waals surface area contributed by atoms with Crippen LogP contribution >= 0.6 is 21.6 Å². The van der Waals surface area contributed by atoms with Crippen molar-refractivity contribution in [1.82, 2.24) is 24.7 Å². The highest BCUT2D eigenvalue weighted by Gasteiger charge is 2.39. The van der Waals surface area contributed by atoms with Crippen LogP contribution in [0.1, 0.15) is 62.5 Å². The molecule has 69 heavy (non-hydrogen) atoms. The molecule has 2 atom stereocenters. The second-order valence-electron chi connectivity index (χ2n) is 17.5. The van der Waals surface area contributed by atoms with Gasteiger partial charge in [-0.25, -0.2) is 4.79 Å². The van der Waals surface area contributed by atoms with E-state index in [1.165, 1.54) is 18.4 Å². The number of rotatable bonds is 22. The molecule has 2 fully saturated rings. The number of aliphatic hydroxyl groups is 1. The molecule has 5 heterocycles. The van der Waals surface area contributed by atoms with Crippen LogP contribution in [0.25, 0.3) is 32.6 Å². The predicted molar refractivity (Wildman–Crippen MR) is 266 cm³/mol. The maximum atomic E-state index is 14.3. The number of unbranched alkanes of at least 4 members (excludes halogenated alkanes) is 1. The molecule has 370 valence electrons. The molecule has 19 heteroatoms. The van der Waals surface area contributed by atoms with E-state index in [4.69, 9.17) is 38.1 Å². The number of carbonyl (C=O) groups is 3. The van der Waals surface area contributed by atoms with Crippen molar-refractivity contribution in [2.24, 2.45) is 0 Å². The number of ether oxygens (including phenoxy) is 7. The first kappa shape index (κ1) is 49.8. The Kier molecular flexibility index (Phi) is 16.8. The summed E-state index contributed by atoms with van der Waals surface area (Å²) >= 11 is 0.